The Labute approximate surface area is 109 Å². The summed E-state index contributed by atoms with van der Waals surface area (Å²) in [5.74, 6) is 0. The van der Waals surface area contributed by atoms with Crippen LogP contribution in [0.5, 0.6) is 0 Å². The lowest BCUT2D eigenvalue weighted by molar-refractivity contribution is -0.0221. The van der Waals surface area contributed by atoms with E-state index in [1.165, 1.54) is 0 Å². The number of nitrogens with zero attached hydrogens (tertiary/aromatic N) is 1. The normalized spacial score (nSPS) is 32.9. The molecule has 0 aromatic heterocycles. The highest BCUT2D eigenvalue weighted by molar-refractivity contribution is 5.68. The first-order valence-electron chi connectivity index (χ1n) is 6.64. The molecule has 0 aromatic rings. The predicted molar refractivity (Wildman–Crippen MR) is 68.6 cm³/mol. The molecule has 5 heteroatoms. The molecule has 2 saturated heterocycles. The maximum atomic E-state index is 12.0. The van der Waals surface area contributed by atoms with Gasteiger partial charge in [-0.05, 0) is 34.1 Å². The molecule has 2 rings (SSSR count). The fourth-order valence-corrected chi connectivity index (χ4v) is 2.39. The first-order valence-corrected chi connectivity index (χ1v) is 6.64. The standard InChI is InChI=1S/C13H24N2O3/c1-10-7-14-13(9-17-10)5-6-15(8-13)11(16)18-12(2,3)4/h10,14H,5-9H2,1-4H3/t10-,13-/m0/s1. The van der Waals surface area contributed by atoms with E-state index in [1.807, 2.05) is 20.8 Å². The molecule has 2 aliphatic heterocycles. The van der Waals surface area contributed by atoms with E-state index < -0.39 is 5.60 Å². The summed E-state index contributed by atoms with van der Waals surface area (Å²) in [5, 5.41) is 3.52. The van der Waals surface area contributed by atoms with Crippen LogP contribution in [0, 0.1) is 0 Å². The van der Waals surface area contributed by atoms with Gasteiger partial charge in [0, 0.05) is 19.6 Å². The van der Waals surface area contributed by atoms with Crippen LogP contribution in [0.4, 0.5) is 4.79 Å². The van der Waals surface area contributed by atoms with Crippen LogP contribution in [0.3, 0.4) is 0 Å². The van der Waals surface area contributed by atoms with Crippen molar-refractivity contribution in [2.24, 2.45) is 0 Å². The molecule has 1 N–H and O–H groups in total. The van der Waals surface area contributed by atoms with Crippen LogP contribution in [0.2, 0.25) is 0 Å². The van der Waals surface area contributed by atoms with Crippen molar-refractivity contribution in [1.82, 2.24) is 10.2 Å². The topological polar surface area (TPSA) is 50.8 Å². The lowest BCUT2D eigenvalue weighted by Crippen LogP contribution is -2.58. The maximum absolute atomic E-state index is 12.0. The van der Waals surface area contributed by atoms with E-state index in [0.717, 1.165) is 19.5 Å². The zero-order valence-corrected chi connectivity index (χ0v) is 11.8. The Morgan fingerprint density at radius 3 is 2.78 bits per heavy atom. The summed E-state index contributed by atoms with van der Waals surface area (Å²) in [6.45, 7) is 10.7. The minimum Gasteiger partial charge on any atom is -0.444 e. The molecule has 5 nitrogen and oxygen atoms in total. The van der Waals surface area contributed by atoms with Crippen LogP contribution < -0.4 is 5.32 Å². The Morgan fingerprint density at radius 2 is 2.22 bits per heavy atom. The molecule has 0 unspecified atom stereocenters. The number of ether oxygens (including phenoxy) is 2. The average Bonchev–Trinajstić information content (AvgIpc) is 2.65. The number of morpholine rings is 1. The first kappa shape index (κ1) is 13.6. The Balaban J connectivity index is 1.90. The molecular weight excluding hydrogens is 232 g/mol. The third-order valence-electron chi connectivity index (χ3n) is 3.41. The molecule has 0 bridgehead atoms. The van der Waals surface area contributed by atoms with E-state index >= 15 is 0 Å². The minimum atomic E-state index is -0.433. The molecular formula is C13H24N2O3. The molecule has 0 saturated carbocycles. The molecule has 18 heavy (non-hydrogen) atoms. The van der Waals surface area contributed by atoms with Gasteiger partial charge in [0.05, 0.1) is 18.2 Å². The summed E-state index contributed by atoms with van der Waals surface area (Å²) < 4.78 is 11.1. The zero-order chi connectivity index (χ0) is 13.4. The number of hydrogen-bond acceptors (Lipinski definition) is 4. The lowest BCUT2D eigenvalue weighted by atomic mass is 9.98. The molecule has 104 valence electrons. The molecule has 2 atom stereocenters. The van der Waals surface area contributed by atoms with Gasteiger partial charge in [-0.1, -0.05) is 0 Å². The van der Waals surface area contributed by atoms with Crippen LogP contribution >= 0.6 is 0 Å². The number of rotatable bonds is 0. The molecule has 1 spiro atoms. The number of carbonyl (C=O) groups excluding carboxylic acids is 1. The van der Waals surface area contributed by atoms with Gasteiger partial charge in [0.2, 0.25) is 0 Å². The van der Waals surface area contributed by atoms with E-state index in [2.05, 4.69) is 12.2 Å². The summed E-state index contributed by atoms with van der Waals surface area (Å²) in [4.78, 5) is 13.8. The van der Waals surface area contributed by atoms with Crippen LogP contribution in [0.15, 0.2) is 0 Å². The lowest BCUT2D eigenvalue weighted by Gasteiger charge is -2.37. The van der Waals surface area contributed by atoms with E-state index in [0.29, 0.717) is 13.2 Å². The number of nitrogens with one attached hydrogen (secondary N) is 1. The Bertz CT molecular complexity index is 317. The minimum absolute atomic E-state index is 0.0661. The van der Waals surface area contributed by atoms with Crippen LogP contribution in [0.25, 0.3) is 0 Å². The summed E-state index contributed by atoms with van der Waals surface area (Å²) in [5.41, 5.74) is -0.499. The van der Waals surface area contributed by atoms with Gasteiger partial charge in [0.15, 0.2) is 0 Å². The molecule has 2 aliphatic rings. The van der Waals surface area contributed by atoms with Crippen LogP contribution in [-0.2, 0) is 9.47 Å². The van der Waals surface area contributed by atoms with Crippen molar-refractivity contribution in [2.75, 3.05) is 26.2 Å². The van der Waals surface area contributed by atoms with Gasteiger partial charge in [0.25, 0.3) is 0 Å². The van der Waals surface area contributed by atoms with Gasteiger partial charge in [-0.2, -0.15) is 0 Å². The van der Waals surface area contributed by atoms with Crippen molar-refractivity contribution in [3.8, 4) is 0 Å². The molecule has 0 radical (unpaired) electrons. The van der Waals surface area contributed by atoms with E-state index in [4.69, 9.17) is 9.47 Å². The van der Waals surface area contributed by atoms with Crippen molar-refractivity contribution in [1.29, 1.82) is 0 Å². The fraction of sp³-hybridized carbons (Fsp3) is 0.923. The van der Waals surface area contributed by atoms with Crippen molar-refractivity contribution in [3.63, 3.8) is 0 Å². The third kappa shape index (κ3) is 3.14. The Hall–Kier alpha value is -0.810. The highest BCUT2D eigenvalue weighted by Crippen LogP contribution is 2.26. The highest BCUT2D eigenvalue weighted by atomic mass is 16.6. The van der Waals surface area contributed by atoms with Crippen molar-refractivity contribution in [2.45, 2.75) is 51.4 Å². The molecule has 0 aromatic carbocycles. The SMILES string of the molecule is C[C@H]1CN[C@]2(CCN(C(=O)OC(C)(C)C)C2)CO1. The van der Waals surface area contributed by atoms with Gasteiger partial charge >= 0.3 is 6.09 Å². The van der Waals surface area contributed by atoms with Gasteiger partial charge in [-0.3, -0.25) is 0 Å². The van der Waals surface area contributed by atoms with Gasteiger partial charge in [-0.25, -0.2) is 4.79 Å². The number of carbonyl (C=O) groups is 1. The second kappa shape index (κ2) is 4.70. The van der Waals surface area contributed by atoms with Gasteiger partial charge in [-0.15, -0.1) is 0 Å². The number of hydrogen-bond donors (Lipinski definition) is 1. The largest absolute Gasteiger partial charge is 0.444 e. The molecule has 1 amide bonds. The summed E-state index contributed by atoms with van der Waals surface area (Å²) in [7, 11) is 0. The van der Waals surface area contributed by atoms with Crippen molar-refractivity contribution < 1.29 is 14.3 Å². The summed E-state index contributed by atoms with van der Waals surface area (Å²) in [6, 6.07) is 0. The zero-order valence-electron chi connectivity index (χ0n) is 11.8. The van der Waals surface area contributed by atoms with E-state index in [1.54, 1.807) is 4.90 Å². The van der Waals surface area contributed by atoms with Gasteiger partial charge in [0.1, 0.15) is 5.60 Å². The Kier molecular flexibility index (Phi) is 3.56. The van der Waals surface area contributed by atoms with E-state index in [9.17, 15) is 4.79 Å². The maximum Gasteiger partial charge on any atom is 0.410 e. The third-order valence-corrected chi connectivity index (χ3v) is 3.41. The van der Waals surface area contributed by atoms with E-state index in [-0.39, 0.29) is 17.7 Å². The second-order valence-electron chi connectivity index (χ2n) is 6.43. The number of amides is 1. The number of likely N-dealkylation sites (tertiary alicyclic amines) is 1. The van der Waals surface area contributed by atoms with Crippen molar-refractivity contribution in [3.05, 3.63) is 0 Å². The van der Waals surface area contributed by atoms with Crippen molar-refractivity contribution >= 4 is 6.09 Å². The van der Waals surface area contributed by atoms with Gasteiger partial charge < -0.3 is 19.7 Å². The predicted octanol–water partition coefficient (Wildman–Crippen LogP) is 1.37. The second-order valence-corrected chi connectivity index (χ2v) is 6.43. The summed E-state index contributed by atoms with van der Waals surface area (Å²) >= 11 is 0. The molecule has 2 fully saturated rings. The monoisotopic (exact) mass is 256 g/mol. The highest BCUT2D eigenvalue weighted by Gasteiger charge is 2.43. The fourth-order valence-electron chi connectivity index (χ4n) is 2.39. The Morgan fingerprint density at radius 1 is 1.50 bits per heavy atom. The first-order chi connectivity index (χ1) is 8.30. The van der Waals surface area contributed by atoms with Crippen LogP contribution in [0.1, 0.15) is 34.1 Å². The molecule has 0 aliphatic carbocycles. The average molecular weight is 256 g/mol. The smallest absolute Gasteiger partial charge is 0.410 e. The quantitative estimate of drug-likeness (QED) is 0.711. The van der Waals surface area contributed by atoms with Crippen LogP contribution in [-0.4, -0.2) is 54.5 Å². The summed E-state index contributed by atoms with van der Waals surface area (Å²) in [6.07, 6.45) is 0.963. The molecule has 2 heterocycles.